The molecule has 1 aromatic heterocycles. The predicted molar refractivity (Wildman–Crippen MR) is 39.9 cm³/mol. The van der Waals surface area contributed by atoms with Gasteiger partial charge in [-0.2, -0.15) is 0 Å². The number of nitrogens with zero attached hydrogens (tertiary/aromatic N) is 2. The van der Waals surface area contributed by atoms with Crippen LogP contribution in [0.2, 0.25) is 0 Å². The molecule has 1 aromatic carbocycles. The Morgan fingerprint density at radius 3 is 2.00 bits per heavy atom. The highest BCUT2D eigenvalue weighted by molar-refractivity contribution is 5.72. The third-order valence-corrected chi connectivity index (χ3v) is 1.16. The van der Waals surface area contributed by atoms with Crippen molar-refractivity contribution in [1.82, 2.24) is 10.3 Å². The van der Waals surface area contributed by atoms with E-state index in [1.165, 1.54) is 0 Å². The van der Waals surface area contributed by atoms with E-state index < -0.39 is 0 Å². The van der Waals surface area contributed by atoms with Crippen molar-refractivity contribution in [3.63, 3.8) is 0 Å². The number of rotatable bonds is 0. The van der Waals surface area contributed by atoms with Gasteiger partial charge < -0.3 is 5.11 Å². The Balaban J connectivity index is 0.000000281. The van der Waals surface area contributed by atoms with Crippen molar-refractivity contribution < 1.29 is 9.74 Å². The maximum atomic E-state index is 7.00. The predicted octanol–water partition coefficient (Wildman–Crippen LogP) is 0.831. The van der Waals surface area contributed by atoms with Gasteiger partial charge in [-0.15, -0.1) is 0 Å². The van der Waals surface area contributed by atoms with Gasteiger partial charge in [0.15, 0.2) is 0 Å². The van der Waals surface area contributed by atoms with Crippen LogP contribution in [0.1, 0.15) is 0 Å². The molecule has 0 saturated heterocycles. The standard InChI is InChI=1S/C6H4N2O.CH4O/c1-2-4-6-5(3-1)7-9-8-6;1-2/h1-4H;2H,1H3. The summed E-state index contributed by atoms with van der Waals surface area (Å²) < 4.78 is 4.46. The zero-order valence-corrected chi connectivity index (χ0v) is 6.06. The number of aromatic nitrogens is 2. The van der Waals surface area contributed by atoms with Crippen LogP contribution in [0.3, 0.4) is 0 Å². The molecule has 0 aliphatic rings. The van der Waals surface area contributed by atoms with Crippen molar-refractivity contribution in [1.29, 1.82) is 0 Å². The topological polar surface area (TPSA) is 59.2 Å². The van der Waals surface area contributed by atoms with Gasteiger partial charge in [-0.25, -0.2) is 4.63 Å². The summed E-state index contributed by atoms with van der Waals surface area (Å²) in [7, 11) is 1.00. The molecule has 0 aliphatic heterocycles. The highest BCUT2D eigenvalue weighted by Crippen LogP contribution is 2.05. The second-order valence-corrected chi connectivity index (χ2v) is 1.75. The van der Waals surface area contributed by atoms with Gasteiger partial charge in [0.25, 0.3) is 0 Å². The lowest BCUT2D eigenvalue weighted by Crippen LogP contribution is -1.63. The molecular formula is C7H8N2O2. The van der Waals surface area contributed by atoms with Crippen molar-refractivity contribution in [2.24, 2.45) is 0 Å². The van der Waals surface area contributed by atoms with Gasteiger partial charge in [0, 0.05) is 7.11 Å². The molecule has 0 amide bonds. The van der Waals surface area contributed by atoms with E-state index in [1.807, 2.05) is 24.3 Å². The van der Waals surface area contributed by atoms with Gasteiger partial charge in [0.1, 0.15) is 11.0 Å². The highest BCUT2D eigenvalue weighted by atomic mass is 16.6. The molecule has 0 aliphatic carbocycles. The molecule has 0 fully saturated rings. The molecule has 58 valence electrons. The number of fused-ring (bicyclic) bond motifs is 1. The summed E-state index contributed by atoms with van der Waals surface area (Å²) in [6.45, 7) is 0. The molecule has 4 heteroatoms. The van der Waals surface area contributed by atoms with E-state index in [0.29, 0.717) is 0 Å². The maximum Gasteiger partial charge on any atom is 0.135 e. The third-order valence-electron chi connectivity index (χ3n) is 1.16. The molecule has 0 spiro atoms. The fourth-order valence-corrected chi connectivity index (χ4v) is 0.727. The molecule has 1 N–H and O–H groups in total. The summed E-state index contributed by atoms with van der Waals surface area (Å²) in [4.78, 5) is 0. The summed E-state index contributed by atoms with van der Waals surface area (Å²) in [5.74, 6) is 0. The average molecular weight is 152 g/mol. The molecule has 0 unspecified atom stereocenters. The van der Waals surface area contributed by atoms with Crippen molar-refractivity contribution in [2.75, 3.05) is 7.11 Å². The van der Waals surface area contributed by atoms with Gasteiger partial charge in [-0.3, -0.25) is 0 Å². The third kappa shape index (κ3) is 1.53. The van der Waals surface area contributed by atoms with Crippen LogP contribution in [0.15, 0.2) is 28.9 Å². The molecule has 0 atom stereocenters. The number of aliphatic hydroxyl groups excluding tert-OH is 1. The average Bonchev–Trinajstić information content (AvgIpc) is 2.55. The molecule has 0 bridgehead atoms. The van der Waals surface area contributed by atoms with E-state index in [2.05, 4.69) is 14.9 Å². The lowest BCUT2D eigenvalue weighted by molar-refractivity contribution is 0.315. The van der Waals surface area contributed by atoms with Crippen molar-refractivity contribution >= 4 is 11.0 Å². The van der Waals surface area contributed by atoms with Crippen LogP contribution in [0.5, 0.6) is 0 Å². The molecule has 11 heavy (non-hydrogen) atoms. The first-order valence-corrected chi connectivity index (χ1v) is 3.09. The van der Waals surface area contributed by atoms with Crippen LogP contribution >= 0.6 is 0 Å². The summed E-state index contributed by atoms with van der Waals surface area (Å²) in [6.07, 6.45) is 0. The Bertz CT molecular complexity index is 288. The van der Waals surface area contributed by atoms with E-state index in [0.717, 1.165) is 18.1 Å². The zero-order chi connectivity index (χ0) is 8.10. The molecule has 2 aromatic rings. The Morgan fingerprint density at radius 1 is 1.09 bits per heavy atom. The summed E-state index contributed by atoms with van der Waals surface area (Å²) in [5, 5.41) is 14.3. The van der Waals surface area contributed by atoms with Crippen molar-refractivity contribution in [2.45, 2.75) is 0 Å². The van der Waals surface area contributed by atoms with E-state index in [-0.39, 0.29) is 0 Å². The minimum Gasteiger partial charge on any atom is -0.400 e. The zero-order valence-electron chi connectivity index (χ0n) is 6.06. The first-order chi connectivity index (χ1) is 5.47. The minimum atomic E-state index is 0.803. The van der Waals surface area contributed by atoms with Crippen molar-refractivity contribution in [3.05, 3.63) is 24.3 Å². The fourth-order valence-electron chi connectivity index (χ4n) is 0.727. The second-order valence-electron chi connectivity index (χ2n) is 1.75. The molecule has 4 nitrogen and oxygen atoms in total. The maximum absolute atomic E-state index is 7.00. The Kier molecular flexibility index (Phi) is 2.57. The SMILES string of the molecule is CO.c1ccc2nonc2c1. The van der Waals surface area contributed by atoms with Crippen LogP contribution in [-0.2, 0) is 0 Å². The lowest BCUT2D eigenvalue weighted by atomic mass is 10.3. The Labute approximate surface area is 63.4 Å². The minimum absolute atomic E-state index is 0.803. The smallest absolute Gasteiger partial charge is 0.135 e. The van der Waals surface area contributed by atoms with Crippen LogP contribution < -0.4 is 0 Å². The first kappa shape index (κ1) is 7.68. The van der Waals surface area contributed by atoms with Crippen molar-refractivity contribution in [3.8, 4) is 0 Å². The largest absolute Gasteiger partial charge is 0.400 e. The molecule has 1 heterocycles. The first-order valence-electron chi connectivity index (χ1n) is 3.09. The van der Waals surface area contributed by atoms with E-state index in [9.17, 15) is 0 Å². The molecule has 0 saturated carbocycles. The fraction of sp³-hybridized carbons (Fsp3) is 0.143. The van der Waals surface area contributed by atoms with Crippen LogP contribution in [0.4, 0.5) is 0 Å². The van der Waals surface area contributed by atoms with Gasteiger partial charge in [0.2, 0.25) is 0 Å². The van der Waals surface area contributed by atoms with E-state index in [4.69, 9.17) is 5.11 Å². The molecular weight excluding hydrogens is 144 g/mol. The second kappa shape index (κ2) is 3.68. The quantitative estimate of drug-likeness (QED) is 0.607. The summed E-state index contributed by atoms with van der Waals surface area (Å²) >= 11 is 0. The Hall–Kier alpha value is -1.42. The van der Waals surface area contributed by atoms with Crippen LogP contribution in [-0.4, -0.2) is 22.5 Å². The van der Waals surface area contributed by atoms with Gasteiger partial charge in [0.05, 0.1) is 0 Å². The number of hydrogen-bond donors (Lipinski definition) is 1. The monoisotopic (exact) mass is 152 g/mol. The normalized spacial score (nSPS) is 8.91. The number of benzene rings is 1. The van der Waals surface area contributed by atoms with E-state index in [1.54, 1.807) is 0 Å². The van der Waals surface area contributed by atoms with Gasteiger partial charge >= 0.3 is 0 Å². The van der Waals surface area contributed by atoms with Crippen LogP contribution in [0, 0.1) is 0 Å². The highest BCUT2D eigenvalue weighted by Gasteiger charge is 1.93. The summed E-state index contributed by atoms with van der Waals surface area (Å²) in [5.41, 5.74) is 1.61. The summed E-state index contributed by atoms with van der Waals surface area (Å²) in [6, 6.07) is 7.50. The van der Waals surface area contributed by atoms with Gasteiger partial charge in [-0.1, -0.05) is 12.1 Å². The van der Waals surface area contributed by atoms with Gasteiger partial charge in [-0.05, 0) is 22.4 Å². The molecule has 2 rings (SSSR count). The lowest BCUT2D eigenvalue weighted by Gasteiger charge is -1.76. The number of aliphatic hydroxyl groups is 1. The molecule has 0 radical (unpaired) electrons. The van der Waals surface area contributed by atoms with E-state index >= 15 is 0 Å². The number of hydrogen-bond acceptors (Lipinski definition) is 4. The van der Waals surface area contributed by atoms with Crippen LogP contribution in [0.25, 0.3) is 11.0 Å². The Morgan fingerprint density at radius 2 is 1.55 bits per heavy atom.